The molecule has 6 heteroatoms. The van der Waals surface area contributed by atoms with Crippen LogP contribution in [0.5, 0.6) is 5.88 Å². The summed E-state index contributed by atoms with van der Waals surface area (Å²) >= 11 is 0. The van der Waals surface area contributed by atoms with Crippen LogP contribution in [0.25, 0.3) is 0 Å². The lowest BCUT2D eigenvalue weighted by Crippen LogP contribution is -2.16. The van der Waals surface area contributed by atoms with Crippen LogP contribution in [0.4, 0.5) is 11.4 Å². The van der Waals surface area contributed by atoms with E-state index in [1.54, 1.807) is 31.5 Å². The van der Waals surface area contributed by atoms with Crippen molar-refractivity contribution in [1.82, 2.24) is 9.55 Å². The number of hydrogen-bond acceptors (Lipinski definition) is 4. The molecular weight excluding hydrogens is 256 g/mol. The highest BCUT2D eigenvalue weighted by Crippen LogP contribution is 2.37. The van der Waals surface area contributed by atoms with E-state index in [1.807, 2.05) is 10.8 Å². The number of pyridine rings is 1. The van der Waals surface area contributed by atoms with Gasteiger partial charge in [-0.1, -0.05) is 0 Å². The van der Waals surface area contributed by atoms with Gasteiger partial charge in [0.1, 0.15) is 5.69 Å². The van der Waals surface area contributed by atoms with Crippen molar-refractivity contribution in [3.63, 3.8) is 0 Å². The second-order valence-electron chi connectivity index (χ2n) is 4.84. The zero-order chi connectivity index (χ0) is 14.1. The molecule has 0 saturated heterocycles. The van der Waals surface area contributed by atoms with Crippen LogP contribution in [-0.4, -0.2) is 22.6 Å². The van der Waals surface area contributed by atoms with Gasteiger partial charge < -0.3 is 20.4 Å². The Balaban J connectivity index is 1.78. The van der Waals surface area contributed by atoms with E-state index in [0.29, 0.717) is 29.0 Å². The Morgan fingerprint density at radius 1 is 1.50 bits per heavy atom. The van der Waals surface area contributed by atoms with E-state index in [4.69, 9.17) is 10.5 Å². The van der Waals surface area contributed by atoms with Crippen molar-refractivity contribution >= 4 is 17.3 Å². The lowest BCUT2D eigenvalue weighted by molar-refractivity contribution is 0.101. The molecule has 1 aliphatic rings. The summed E-state index contributed by atoms with van der Waals surface area (Å²) in [5.41, 5.74) is 7.60. The Morgan fingerprint density at radius 2 is 2.30 bits per heavy atom. The molecule has 0 spiro atoms. The zero-order valence-electron chi connectivity index (χ0n) is 11.2. The monoisotopic (exact) mass is 272 g/mol. The maximum Gasteiger partial charge on any atom is 0.272 e. The zero-order valence-corrected chi connectivity index (χ0v) is 11.2. The van der Waals surface area contributed by atoms with Crippen LogP contribution in [0.2, 0.25) is 0 Å². The first kappa shape index (κ1) is 12.5. The number of carbonyl (C=O) groups is 1. The number of carbonyl (C=O) groups excluding carboxylic acids is 1. The van der Waals surface area contributed by atoms with Crippen LogP contribution < -0.4 is 15.8 Å². The van der Waals surface area contributed by atoms with E-state index in [2.05, 4.69) is 10.3 Å². The normalized spacial score (nSPS) is 14.1. The van der Waals surface area contributed by atoms with Crippen molar-refractivity contribution in [2.75, 3.05) is 18.2 Å². The molecule has 1 aliphatic carbocycles. The van der Waals surface area contributed by atoms with E-state index < -0.39 is 0 Å². The first-order chi connectivity index (χ1) is 9.67. The number of hydrogen-bond donors (Lipinski definition) is 2. The number of aromatic nitrogens is 2. The van der Waals surface area contributed by atoms with Gasteiger partial charge >= 0.3 is 0 Å². The molecule has 1 fully saturated rings. The summed E-state index contributed by atoms with van der Waals surface area (Å²) in [4.78, 5) is 16.3. The molecule has 6 nitrogen and oxygen atoms in total. The lowest BCUT2D eigenvalue weighted by atomic mass is 10.3. The standard InChI is InChI=1S/C14H16N4O2/c1-20-13-5-2-10(7-16-13)17-14(19)12-6-9(15)8-18(12)11-3-4-11/h2,5-8,11H,3-4,15H2,1H3,(H,17,19). The quantitative estimate of drug-likeness (QED) is 0.892. The number of rotatable bonds is 4. The van der Waals surface area contributed by atoms with Crippen molar-refractivity contribution in [2.24, 2.45) is 0 Å². The van der Waals surface area contributed by atoms with Crippen molar-refractivity contribution in [1.29, 1.82) is 0 Å². The van der Waals surface area contributed by atoms with Crippen LogP contribution in [0.15, 0.2) is 30.6 Å². The van der Waals surface area contributed by atoms with Crippen molar-refractivity contribution in [3.8, 4) is 5.88 Å². The summed E-state index contributed by atoms with van der Waals surface area (Å²) in [6.45, 7) is 0. The maximum atomic E-state index is 12.3. The molecule has 0 atom stereocenters. The predicted octanol–water partition coefficient (Wildman–Crippen LogP) is 2.06. The fourth-order valence-electron chi connectivity index (χ4n) is 2.11. The van der Waals surface area contributed by atoms with Crippen LogP contribution in [-0.2, 0) is 0 Å². The average molecular weight is 272 g/mol. The Bertz CT molecular complexity index is 629. The summed E-state index contributed by atoms with van der Waals surface area (Å²) in [6, 6.07) is 5.55. The second kappa shape index (κ2) is 4.88. The van der Waals surface area contributed by atoms with Crippen LogP contribution in [0.3, 0.4) is 0 Å². The molecule has 1 saturated carbocycles. The van der Waals surface area contributed by atoms with E-state index in [-0.39, 0.29) is 5.91 Å². The Morgan fingerprint density at radius 3 is 2.90 bits per heavy atom. The number of nitrogens with one attached hydrogen (secondary N) is 1. The van der Waals surface area contributed by atoms with Crippen molar-refractivity contribution in [2.45, 2.75) is 18.9 Å². The van der Waals surface area contributed by atoms with E-state index in [1.165, 1.54) is 0 Å². The SMILES string of the molecule is COc1ccc(NC(=O)c2cc(N)cn2C2CC2)cn1. The number of amides is 1. The Kier molecular flexibility index (Phi) is 3.06. The highest BCUT2D eigenvalue weighted by Gasteiger charge is 2.27. The second-order valence-corrected chi connectivity index (χ2v) is 4.84. The molecule has 20 heavy (non-hydrogen) atoms. The third-order valence-corrected chi connectivity index (χ3v) is 3.25. The molecule has 0 aliphatic heterocycles. The highest BCUT2D eigenvalue weighted by molar-refractivity contribution is 6.03. The molecule has 0 bridgehead atoms. The summed E-state index contributed by atoms with van der Waals surface area (Å²) in [5, 5.41) is 2.81. The van der Waals surface area contributed by atoms with Gasteiger partial charge in [0.2, 0.25) is 5.88 Å². The molecule has 104 valence electrons. The summed E-state index contributed by atoms with van der Waals surface area (Å²) in [6.07, 6.45) is 5.57. The van der Waals surface area contributed by atoms with Crippen molar-refractivity contribution in [3.05, 3.63) is 36.3 Å². The van der Waals surface area contributed by atoms with Gasteiger partial charge in [0.25, 0.3) is 5.91 Å². The molecule has 0 unspecified atom stereocenters. The van der Waals surface area contributed by atoms with Gasteiger partial charge in [0.05, 0.1) is 24.7 Å². The first-order valence-electron chi connectivity index (χ1n) is 6.46. The fourth-order valence-corrected chi connectivity index (χ4v) is 2.11. The molecule has 1 amide bonds. The van der Waals surface area contributed by atoms with Crippen LogP contribution >= 0.6 is 0 Å². The minimum Gasteiger partial charge on any atom is -0.481 e. The third-order valence-electron chi connectivity index (χ3n) is 3.25. The molecule has 2 aromatic heterocycles. The number of anilines is 2. The molecule has 0 aromatic carbocycles. The maximum absolute atomic E-state index is 12.3. The number of nitrogens with zero attached hydrogens (tertiary/aromatic N) is 2. The predicted molar refractivity (Wildman–Crippen MR) is 75.9 cm³/mol. The summed E-state index contributed by atoms with van der Waals surface area (Å²) in [5.74, 6) is 0.328. The summed E-state index contributed by atoms with van der Waals surface area (Å²) < 4.78 is 6.92. The number of ether oxygens (including phenoxy) is 1. The largest absolute Gasteiger partial charge is 0.481 e. The minimum atomic E-state index is -0.180. The molecule has 2 heterocycles. The first-order valence-corrected chi connectivity index (χ1v) is 6.46. The van der Waals surface area contributed by atoms with Gasteiger partial charge in [-0.2, -0.15) is 0 Å². The summed E-state index contributed by atoms with van der Waals surface area (Å²) in [7, 11) is 1.55. The van der Waals surface area contributed by atoms with Gasteiger partial charge in [-0.25, -0.2) is 4.98 Å². The van der Waals surface area contributed by atoms with Crippen molar-refractivity contribution < 1.29 is 9.53 Å². The average Bonchev–Trinajstić information content (AvgIpc) is 3.22. The van der Waals surface area contributed by atoms with Crippen LogP contribution in [0, 0.1) is 0 Å². The minimum absolute atomic E-state index is 0.180. The number of nitrogen functional groups attached to an aromatic ring is 1. The van der Waals surface area contributed by atoms with Gasteiger partial charge in [-0.3, -0.25) is 4.79 Å². The van der Waals surface area contributed by atoms with E-state index in [9.17, 15) is 4.79 Å². The van der Waals surface area contributed by atoms with E-state index in [0.717, 1.165) is 12.8 Å². The van der Waals surface area contributed by atoms with Crippen LogP contribution in [0.1, 0.15) is 29.4 Å². The third kappa shape index (κ3) is 2.45. The van der Waals surface area contributed by atoms with Gasteiger partial charge in [-0.05, 0) is 25.0 Å². The topological polar surface area (TPSA) is 82.2 Å². The van der Waals surface area contributed by atoms with Gasteiger partial charge in [0, 0.05) is 18.3 Å². The Hall–Kier alpha value is -2.50. The van der Waals surface area contributed by atoms with E-state index >= 15 is 0 Å². The molecule has 3 N–H and O–H groups in total. The number of methoxy groups -OCH3 is 1. The smallest absolute Gasteiger partial charge is 0.272 e. The molecule has 0 radical (unpaired) electrons. The molecule has 2 aromatic rings. The number of nitrogens with two attached hydrogens (primary N) is 1. The Labute approximate surface area is 116 Å². The molecule has 3 rings (SSSR count). The van der Waals surface area contributed by atoms with Gasteiger partial charge in [0.15, 0.2) is 0 Å². The fraction of sp³-hybridized carbons (Fsp3) is 0.286. The van der Waals surface area contributed by atoms with Gasteiger partial charge in [-0.15, -0.1) is 0 Å². The highest BCUT2D eigenvalue weighted by atomic mass is 16.5. The lowest BCUT2D eigenvalue weighted by Gasteiger charge is -2.08. The molecular formula is C14H16N4O2.